The number of carbonyl (C=O) groups is 1. The van der Waals surface area contributed by atoms with Gasteiger partial charge in [0, 0.05) is 10.0 Å². The Morgan fingerprint density at radius 1 is 1.17 bits per heavy atom. The molecule has 0 saturated heterocycles. The molecule has 0 amide bonds. The van der Waals surface area contributed by atoms with Gasteiger partial charge in [0.15, 0.2) is 0 Å². The number of esters is 1. The number of quaternary nitrogens is 1. The van der Waals surface area contributed by atoms with Crippen molar-refractivity contribution in [3.05, 3.63) is 33.8 Å². The van der Waals surface area contributed by atoms with Gasteiger partial charge in [-0.05, 0) is 50.8 Å². The molecule has 24 heavy (non-hydrogen) atoms. The Balaban J connectivity index is 0.00000288. The van der Waals surface area contributed by atoms with E-state index in [-0.39, 0.29) is 36.0 Å². The maximum atomic E-state index is 12.3. The third-order valence-electron chi connectivity index (χ3n) is 4.70. The first kappa shape index (κ1) is 22.0. The minimum atomic E-state index is -0.370. The highest BCUT2D eigenvalue weighted by molar-refractivity contribution is 6.35. The number of hydrogen-bond donors (Lipinski definition) is 0. The summed E-state index contributed by atoms with van der Waals surface area (Å²) in [6.07, 6.45) is 6.33. The van der Waals surface area contributed by atoms with Crippen LogP contribution in [0.3, 0.4) is 0 Å². The molecule has 1 saturated carbocycles. The van der Waals surface area contributed by atoms with E-state index in [9.17, 15) is 4.79 Å². The molecular weight excluding hydrogens is 460 g/mol. The lowest BCUT2D eigenvalue weighted by molar-refractivity contribution is -0.918. The highest BCUT2D eigenvalue weighted by Gasteiger charge is 2.32. The van der Waals surface area contributed by atoms with E-state index >= 15 is 0 Å². The predicted molar refractivity (Wildman–Crippen MR) is 95.2 cm³/mol. The van der Waals surface area contributed by atoms with E-state index in [1.54, 1.807) is 18.2 Å². The van der Waals surface area contributed by atoms with E-state index in [0.717, 1.165) is 11.0 Å². The zero-order chi connectivity index (χ0) is 17.0. The highest BCUT2D eigenvalue weighted by atomic mass is 127. The number of benzene rings is 1. The monoisotopic (exact) mass is 485 g/mol. The number of ether oxygens (including phenoxy) is 1. The average Bonchev–Trinajstić information content (AvgIpc) is 2.46. The van der Waals surface area contributed by atoms with Gasteiger partial charge in [-0.3, -0.25) is 0 Å². The normalized spacial score (nSPS) is 17.0. The lowest BCUT2D eigenvalue weighted by Gasteiger charge is -2.41. The Labute approximate surface area is 172 Å². The Kier molecular flexibility index (Phi) is 8.80. The van der Waals surface area contributed by atoms with Crippen LogP contribution in [0.4, 0.5) is 0 Å². The molecular formula is C18H26Cl2INO2. The molecule has 1 fully saturated rings. The molecule has 0 spiro atoms. The molecule has 6 heteroatoms. The minimum absolute atomic E-state index is 0. The van der Waals surface area contributed by atoms with Crippen LogP contribution in [0, 0.1) is 0 Å². The standard InChI is InChI=1S/C18H26Cl2NO2.HI/c1-13(12-21(2,3)17-7-5-4-6-8-17)23-18(22)14-9-15(19)11-16(20)10-14;/h9-11,13,17H,4-8,12H2,1-3H3;1H/q+1;/p-1. The zero-order valence-corrected chi connectivity index (χ0v) is 18.2. The Bertz CT molecular complexity index is 540. The van der Waals surface area contributed by atoms with Crippen LogP contribution in [-0.4, -0.2) is 43.2 Å². The third-order valence-corrected chi connectivity index (χ3v) is 5.13. The molecule has 0 radical (unpaired) electrons. The van der Waals surface area contributed by atoms with E-state index in [4.69, 9.17) is 27.9 Å². The summed E-state index contributed by atoms with van der Waals surface area (Å²) < 4.78 is 6.49. The predicted octanol–water partition coefficient (Wildman–Crippen LogP) is 1.95. The number of halogens is 3. The topological polar surface area (TPSA) is 26.3 Å². The second-order valence-corrected chi connectivity index (χ2v) is 8.00. The first-order chi connectivity index (χ1) is 10.8. The molecule has 2 rings (SSSR count). The van der Waals surface area contributed by atoms with Gasteiger partial charge in [-0.25, -0.2) is 4.79 Å². The van der Waals surface area contributed by atoms with Gasteiger partial charge in [-0.15, -0.1) is 0 Å². The van der Waals surface area contributed by atoms with E-state index < -0.39 is 0 Å². The van der Waals surface area contributed by atoms with Gasteiger partial charge >= 0.3 is 5.97 Å². The maximum absolute atomic E-state index is 12.3. The van der Waals surface area contributed by atoms with Gasteiger partial charge in [0.05, 0.1) is 25.7 Å². The fourth-order valence-electron chi connectivity index (χ4n) is 3.55. The summed E-state index contributed by atoms with van der Waals surface area (Å²) in [5.41, 5.74) is 0.400. The lowest BCUT2D eigenvalue weighted by atomic mass is 9.93. The van der Waals surface area contributed by atoms with Crippen LogP contribution in [0.25, 0.3) is 0 Å². The molecule has 1 aliphatic carbocycles. The third kappa shape index (κ3) is 6.36. The summed E-state index contributed by atoms with van der Waals surface area (Å²) in [5.74, 6) is -0.370. The quantitative estimate of drug-likeness (QED) is 0.362. The van der Waals surface area contributed by atoms with E-state index in [1.807, 2.05) is 6.92 Å². The van der Waals surface area contributed by atoms with Gasteiger partial charge < -0.3 is 33.2 Å². The molecule has 1 atom stereocenters. The number of carbonyl (C=O) groups excluding carboxylic acids is 1. The smallest absolute Gasteiger partial charge is 0.338 e. The molecule has 1 unspecified atom stereocenters. The van der Waals surface area contributed by atoms with E-state index in [1.165, 1.54) is 32.1 Å². The number of nitrogens with zero attached hydrogens (tertiary/aromatic N) is 1. The first-order valence-electron chi connectivity index (χ1n) is 8.27. The van der Waals surface area contributed by atoms with Crippen molar-refractivity contribution >= 4 is 29.2 Å². The second-order valence-electron chi connectivity index (χ2n) is 7.13. The summed E-state index contributed by atoms with van der Waals surface area (Å²) in [6.45, 7) is 2.76. The van der Waals surface area contributed by atoms with Crippen molar-refractivity contribution in [3.8, 4) is 0 Å². The van der Waals surface area contributed by atoms with Crippen LogP contribution in [0.5, 0.6) is 0 Å². The molecule has 1 aromatic carbocycles. The zero-order valence-electron chi connectivity index (χ0n) is 14.5. The number of hydrogen-bond acceptors (Lipinski definition) is 2. The first-order valence-corrected chi connectivity index (χ1v) is 9.03. The maximum Gasteiger partial charge on any atom is 0.338 e. The van der Waals surface area contributed by atoms with Gasteiger partial charge in [-0.1, -0.05) is 29.6 Å². The molecule has 3 nitrogen and oxygen atoms in total. The van der Waals surface area contributed by atoms with Crippen LogP contribution >= 0.6 is 23.2 Å². The molecule has 1 aromatic rings. The van der Waals surface area contributed by atoms with Gasteiger partial charge in [-0.2, -0.15) is 0 Å². The Hall–Kier alpha value is -0.0400. The molecule has 136 valence electrons. The van der Waals surface area contributed by atoms with Crippen LogP contribution < -0.4 is 24.0 Å². The van der Waals surface area contributed by atoms with Gasteiger partial charge in [0.1, 0.15) is 12.6 Å². The van der Waals surface area contributed by atoms with Crippen LogP contribution in [0.15, 0.2) is 18.2 Å². The van der Waals surface area contributed by atoms with Crippen molar-refractivity contribution in [1.82, 2.24) is 0 Å². The van der Waals surface area contributed by atoms with Crippen LogP contribution in [0.1, 0.15) is 49.4 Å². The van der Waals surface area contributed by atoms with Crippen molar-refractivity contribution < 1.29 is 38.0 Å². The largest absolute Gasteiger partial charge is 1.00 e. The molecule has 1 aliphatic rings. The van der Waals surface area contributed by atoms with Crippen molar-refractivity contribution in [2.45, 2.75) is 51.2 Å². The van der Waals surface area contributed by atoms with Crippen molar-refractivity contribution in [1.29, 1.82) is 0 Å². The van der Waals surface area contributed by atoms with E-state index in [0.29, 0.717) is 21.7 Å². The summed E-state index contributed by atoms with van der Waals surface area (Å²) >= 11 is 11.9. The van der Waals surface area contributed by atoms with Crippen LogP contribution in [0.2, 0.25) is 10.0 Å². The SMILES string of the molecule is CC(C[N+](C)(C)C1CCCCC1)OC(=O)c1cc(Cl)cc(Cl)c1.[I-]. The second kappa shape index (κ2) is 9.60. The van der Waals surface area contributed by atoms with Crippen LogP contribution in [-0.2, 0) is 4.74 Å². The van der Waals surface area contributed by atoms with Crippen molar-refractivity contribution in [3.63, 3.8) is 0 Å². The molecule has 0 aromatic heterocycles. The molecule has 0 N–H and O–H groups in total. The molecule has 0 heterocycles. The summed E-state index contributed by atoms with van der Waals surface area (Å²) in [4.78, 5) is 12.3. The molecule has 0 aliphatic heterocycles. The summed E-state index contributed by atoms with van der Waals surface area (Å²) in [7, 11) is 4.47. The lowest BCUT2D eigenvalue weighted by Crippen LogP contribution is -3.00. The highest BCUT2D eigenvalue weighted by Crippen LogP contribution is 2.26. The Morgan fingerprint density at radius 2 is 1.71 bits per heavy atom. The molecule has 0 bridgehead atoms. The van der Waals surface area contributed by atoms with Gasteiger partial charge in [0.2, 0.25) is 0 Å². The average molecular weight is 486 g/mol. The number of rotatable bonds is 5. The Morgan fingerprint density at radius 3 is 2.25 bits per heavy atom. The van der Waals surface area contributed by atoms with Gasteiger partial charge in [0.25, 0.3) is 0 Å². The van der Waals surface area contributed by atoms with Crippen molar-refractivity contribution in [2.75, 3.05) is 20.6 Å². The summed E-state index contributed by atoms with van der Waals surface area (Å²) in [6, 6.07) is 5.44. The minimum Gasteiger partial charge on any atom is -1.00 e. The summed E-state index contributed by atoms with van der Waals surface area (Å²) in [5, 5.41) is 0.880. The number of likely N-dealkylation sites (N-methyl/N-ethyl adjacent to an activating group) is 1. The fraction of sp³-hybridized carbons (Fsp3) is 0.611. The van der Waals surface area contributed by atoms with E-state index in [2.05, 4.69) is 14.1 Å². The fourth-order valence-corrected chi connectivity index (χ4v) is 4.08. The van der Waals surface area contributed by atoms with Crippen molar-refractivity contribution in [2.24, 2.45) is 0 Å².